The van der Waals surface area contributed by atoms with Gasteiger partial charge in [0.1, 0.15) is 0 Å². The van der Waals surface area contributed by atoms with E-state index in [1.165, 1.54) is 69.8 Å². The van der Waals surface area contributed by atoms with Crippen LogP contribution in [0.15, 0.2) is 48.6 Å². The van der Waals surface area contributed by atoms with Crippen molar-refractivity contribution in [3.63, 3.8) is 0 Å². The molecule has 1 heteroatoms. The Morgan fingerprint density at radius 2 is 1.77 bits per heavy atom. The van der Waals surface area contributed by atoms with Crippen molar-refractivity contribution in [2.45, 2.75) is 70.6 Å². The second-order valence-electron chi connectivity index (χ2n) is 8.35. The van der Waals surface area contributed by atoms with Gasteiger partial charge in [-0.05, 0) is 93.2 Å². The Kier molecular flexibility index (Phi) is 7.13. The van der Waals surface area contributed by atoms with Gasteiger partial charge in [0, 0.05) is 0 Å². The third-order valence-electron chi connectivity index (χ3n) is 6.70. The standard InChI is InChI=1S/C25H33N/c1-2-3-4-20-11-15-24(16-12-20)25-17-13-22(14-18-25)6-5-21-7-9-23(19-26)10-8-21/h2,7-11,22,24-25H,1,3-6,12-18H2. The first-order valence-corrected chi connectivity index (χ1v) is 10.6. The van der Waals surface area contributed by atoms with E-state index in [1.807, 2.05) is 18.2 Å². The van der Waals surface area contributed by atoms with Crippen molar-refractivity contribution >= 4 is 0 Å². The van der Waals surface area contributed by atoms with Crippen LogP contribution in [-0.2, 0) is 6.42 Å². The van der Waals surface area contributed by atoms with Crippen molar-refractivity contribution in [2.75, 3.05) is 0 Å². The van der Waals surface area contributed by atoms with Crippen LogP contribution in [0.25, 0.3) is 0 Å². The fraction of sp³-hybridized carbons (Fsp3) is 0.560. The van der Waals surface area contributed by atoms with E-state index in [1.54, 1.807) is 5.57 Å². The lowest BCUT2D eigenvalue weighted by atomic mass is 9.70. The quantitative estimate of drug-likeness (QED) is 0.488. The molecule has 1 saturated carbocycles. The first-order chi connectivity index (χ1) is 12.8. The minimum absolute atomic E-state index is 0.767. The second-order valence-corrected chi connectivity index (χ2v) is 8.35. The van der Waals surface area contributed by atoms with Gasteiger partial charge in [-0.15, -0.1) is 6.58 Å². The molecule has 0 aromatic heterocycles. The summed E-state index contributed by atoms with van der Waals surface area (Å²) in [4.78, 5) is 0. The molecule has 0 N–H and O–H groups in total. The summed E-state index contributed by atoms with van der Waals surface area (Å²) in [5.41, 5.74) is 3.83. The summed E-state index contributed by atoms with van der Waals surface area (Å²) in [5, 5.41) is 8.89. The summed E-state index contributed by atoms with van der Waals surface area (Å²) < 4.78 is 0. The number of benzene rings is 1. The van der Waals surface area contributed by atoms with Crippen molar-refractivity contribution in [1.29, 1.82) is 5.26 Å². The number of nitrogens with zero attached hydrogens (tertiary/aromatic N) is 1. The average molecular weight is 348 g/mol. The van der Waals surface area contributed by atoms with Gasteiger partial charge in [-0.3, -0.25) is 0 Å². The van der Waals surface area contributed by atoms with E-state index < -0.39 is 0 Å². The Morgan fingerprint density at radius 1 is 1.00 bits per heavy atom. The summed E-state index contributed by atoms with van der Waals surface area (Å²) in [6.07, 6.45) is 19.3. The molecule has 0 spiro atoms. The lowest BCUT2D eigenvalue weighted by molar-refractivity contribution is 0.187. The highest BCUT2D eigenvalue weighted by Crippen LogP contribution is 2.41. The van der Waals surface area contributed by atoms with Crippen molar-refractivity contribution in [1.82, 2.24) is 0 Å². The van der Waals surface area contributed by atoms with Gasteiger partial charge < -0.3 is 0 Å². The normalized spacial score (nSPS) is 26.0. The fourth-order valence-corrected chi connectivity index (χ4v) is 4.92. The van der Waals surface area contributed by atoms with E-state index in [0.717, 1.165) is 29.7 Å². The smallest absolute Gasteiger partial charge is 0.0991 e. The molecular formula is C25H33N. The Bertz CT molecular complexity index is 638. The molecule has 0 aliphatic heterocycles. The predicted molar refractivity (Wildman–Crippen MR) is 110 cm³/mol. The van der Waals surface area contributed by atoms with Crippen molar-refractivity contribution in [3.8, 4) is 6.07 Å². The fourth-order valence-electron chi connectivity index (χ4n) is 4.92. The molecule has 1 nitrogen and oxygen atoms in total. The van der Waals surface area contributed by atoms with E-state index in [4.69, 9.17) is 5.26 Å². The molecule has 138 valence electrons. The SMILES string of the molecule is C=CCCC1=CCC(C2CCC(CCc3ccc(C#N)cc3)CC2)CC1. The number of rotatable bonds is 7. The van der Waals surface area contributed by atoms with Crippen LogP contribution in [0.1, 0.15) is 75.3 Å². The van der Waals surface area contributed by atoms with Crippen LogP contribution in [-0.4, -0.2) is 0 Å². The molecule has 0 saturated heterocycles. The van der Waals surface area contributed by atoms with Crippen LogP contribution < -0.4 is 0 Å². The third kappa shape index (κ3) is 5.34. The number of aryl methyl sites for hydroxylation is 1. The molecule has 1 unspecified atom stereocenters. The van der Waals surface area contributed by atoms with Crippen LogP contribution >= 0.6 is 0 Å². The largest absolute Gasteiger partial charge is 0.192 e. The maximum absolute atomic E-state index is 8.89. The molecule has 1 aromatic rings. The van der Waals surface area contributed by atoms with E-state index in [-0.39, 0.29) is 0 Å². The monoisotopic (exact) mass is 347 g/mol. The Morgan fingerprint density at radius 3 is 2.38 bits per heavy atom. The van der Waals surface area contributed by atoms with E-state index >= 15 is 0 Å². The molecule has 3 rings (SSSR count). The minimum Gasteiger partial charge on any atom is -0.192 e. The van der Waals surface area contributed by atoms with Gasteiger partial charge in [-0.2, -0.15) is 5.26 Å². The number of allylic oxidation sites excluding steroid dienone is 3. The molecule has 0 bridgehead atoms. The Hall–Kier alpha value is -1.81. The first kappa shape index (κ1) is 19.0. The minimum atomic E-state index is 0.767. The van der Waals surface area contributed by atoms with Crippen molar-refractivity contribution in [3.05, 3.63) is 59.7 Å². The summed E-state index contributed by atoms with van der Waals surface area (Å²) in [5.74, 6) is 2.82. The zero-order valence-corrected chi connectivity index (χ0v) is 16.1. The molecule has 0 amide bonds. The zero-order chi connectivity index (χ0) is 18.2. The first-order valence-electron chi connectivity index (χ1n) is 10.6. The second kappa shape index (κ2) is 9.77. The van der Waals surface area contributed by atoms with Gasteiger partial charge in [0.05, 0.1) is 11.6 Å². The van der Waals surface area contributed by atoms with Gasteiger partial charge in [0.15, 0.2) is 0 Å². The molecule has 2 aliphatic carbocycles. The lowest BCUT2D eigenvalue weighted by Gasteiger charge is -2.35. The zero-order valence-electron chi connectivity index (χ0n) is 16.1. The Labute approximate surface area is 159 Å². The predicted octanol–water partition coefficient (Wildman–Crippen LogP) is 6.99. The van der Waals surface area contributed by atoms with Crippen LogP contribution in [0.2, 0.25) is 0 Å². The summed E-state index contributed by atoms with van der Waals surface area (Å²) in [7, 11) is 0. The van der Waals surface area contributed by atoms with Gasteiger partial charge in [-0.25, -0.2) is 0 Å². The van der Waals surface area contributed by atoms with Crippen LogP contribution in [0, 0.1) is 29.1 Å². The van der Waals surface area contributed by atoms with Gasteiger partial charge in [0.2, 0.25) is 0 Å². The van der Waals surface area contributed by atoms with Crippen LogP contribution in [0.5, 0.6) is 0 Å². The molecule has 1 fully saturated rings. The summed E-state index contributed by atoms with van der Waals surface area (Å²) >= 11 is 0. The highest BCUT2D eigenvalue weighted by molar-refractivity contribution is 5.31. The van der Waals surface area contributed by atoms with Crippen LogP contribution in [0.4, 0.5) is 0 Å². The summed E-state index contributed by atoms with van der Waals surface area (Å²) in [6, 6.07) is 10.4. The molecule has 0 heterocycles. The van der Waals surface area contributed by atoms with Gasteiger partial charge >= 0.3 is 0 Å². The molecule has 0 radical (unpaired) electrons. The van der Waals surface area contributed by atoms with Gasteiger partial charge in [-0.1, -0.05) is 42.7 Å². The third-order valence-corrected chi connectivity index (χ3v) is 6.70. The summed E-state index contributed by atoms with van der Waals surface area (Å²) in [6.45, 7) is 3.84. The maximum Gasteiger partial charge on any atom is 0.0991 e. The van der Waals surface area contributed by atoms with E-state index in [2.05, 4.69) is 30.9 Å². The molecule has 1 aromatic carbocycles. The molecule has 2 aliphatic rings. The number of hydrogen-bond acceptors (Lipinski definition) is 1. The van der Waals surface area contributed by atoms with E-state index in [0.29, 0.717) is 0 Å². The Balaban J connectivity index is 1.38. The van der Waals surface area contributed by atoms with Gasteiger partial charge in [0.25, 0.3) is 0 Å². The average Bonchev–Trinajstić information content (AvgIpc) is 2.72. The topological polar surface area (TPSA) is 23.8 Å². The number of hydrogen-bond donors (Lipinski definition) is 0. The highest BCUT2D eigenvalue weighted by Gasteiger charge is 2.28. The molecule has 1 atom stereocenters. The molecule has 26 heavy (non-hydrogen) atoms. The van der Waals surface area contributed by atoms with Crippen molar-refractivity contribution in [2.24, 2.45) is 17.8 Å². The van der Waals surface area contributed by atoms with E-state index in [9.17, 15) is 0 Å². The van der Waals surface area contributed by atoms with Crippen LogP contribution in [0.3, 0.4) is 0 Å². The highest BCUT2D eigenvalue weighted by atomic mass is 14.3. The molecular weight excluding hydrogens is 314 g/mol. The lowest BCUT2D eigenvalue weighted by Crippen LogP contribution is -2.23. The van der Waals surface area contributed by atoms with Crippen molar-refractivity contribution < 1.29 is 0 Å². The number of nitriles is 1. The maximum atomic E-state index is 8.89.